The number of hydrogen-bond donors (Lipinski definition) is 1. The lowest BCUT2D eigenvalue weighted by Crippen LogP contribution is -2.14. The van der Waals surface area contributed by atoms with Gasteiger partial charge >= 0.3 is 0 Å². The summed E-state index contributed by atoms with van der Waals surface area (Å²) in [6.07, 6.45) is 1.84. The van der Waals surface area contributed by atoms with Gasteiger partial charge in [-0.1, -0.05) is 48.2 Å². The Balaban J connectivity index is 2.13. The average Bonchev–Trinajstić information content (AvgIpc) is 2.40. The van der Waals surface area contributed by atoms with Gasteiger partial charge in [0.25, 0.3) is 0 Å². The lowest BCUT2D eigenvalue weighted by molar-refractivity contribution is 0.776. The van der Waals surface area contributed by atoms with Crippen LogP contribution in [0.2, 0.25) is 0 Å². The quantitative estimate of drug-likeness (QED) is 0.818. The summed E-state index contributed by atoms with van der Waals surface area (Å²) in [5, 5.41) is 4.70. The fraction of sp³-hybridized carbons (Fsp3) is 0.214. The number of rotatable bonds is 5. The van der Waals surface area contributed by atoms with E-state index in [1.54, 1.807) is 11.8 Å². The first-order valence-electron chi connectivity index (χ1n) is 5.67. The highest BCUT2D eigenvalue weighted by molar-refractivity contribution is 7.99. The van der Waals surface area contributed by atoms with Crippen LogP contribution in [0.4, 0.5) is 0 Å². The van der Waals surface area contributed by atoms with Crippen molar-refractivity contribution in [3.05, 3.63) is 60.3 Å². The predicted octanol–water partition coefficient (Wildman–Crippen LogP) is 3.13. The molecule has 0 bridgehead atoms. The Bertz CT molecular complexity index is 430. The summed E-state index contributed by atoms with van der Waals surface area (Å²) in [6, 6.07) is 16.6. The molecule has 2 nitrogen and oxygen atoms in total. The van der Waals surface area contributed by atoms with E-state index in [4.69, 9.17) is 0 Å². The molecule has 0 aliphatic carbocycles. The fourth-order valence-electron chi connectivity index (χ4n) is 1.64. The second-order valence-electron chi connectivity index (χ2n) is 3.74. The molecule has 1 heterocycles. The van der Waals surface area contributed by atoms with Crippen LogP contribution in [-0.4, -0.2) is 18.6 Å². The van der Waals surface area contributed by atoms with Crippen molar-refractivity contribution in [2.45, 2.75) is 10.3 Å². The minimum Gasteiger partial charge on any atom is -0.318 e. The van der Waals surface area contributed by atoms with Gasteiger partial charge in [0.1, 0.15) is 0 Å². The number of thioether (sulfide) groups is 1. The lowest BCUT2D eigenvalue weighted by Gasteiger charge is -2.15. The molecule has 1 aromatic heterocycles. The van der Waals surface area contributed by atoms with Crippen molar-refractivity contribution < 1.29 is 0 Å². The maximum absolute atomic E-state index is 4.36. The number of pyridine rings is 1. The van der Waals surface area contributed by atoms with Crippen molar-refractivity contribution in [2.24, 2.45) is 0 Å². The smallest absolute Gasteiger partial charge is 0.0966 e. The number of nitrogens with one attached hydrogen (secondary N) is 1. The van der Waals surface area contributed by atoms with Gasteiger partial charge in [-0.05, 0) is 24.7 Å². The number of aromatic nitrogens is 1. The Morgan fingerprint density at radius 3 is 2.53 bits per heavy atom. The first kappa shape index (κ1) is 12.1. The molecule has 1 N–H and O–H groups in total. The molecule has 0 spiro atoms. The Hall–Kier alpha value is -1.32. The van der Waals surface area contributed by atoms with Gasteiger partial charge in [0.15, 0.2) is 0 Å². The molecule has 0 saturated carbocycles. The van der Waals surface area contributed by atoms with E-state index in [1.807, 2.05) is 31.4 Å². The fourth-order valence-corrected chi connectivity index (χ4v) is 2.76. The molecule has 0 aliphatic heterocycles. The molecule has 0 radical (unpaired) electrons. The average molecular weight is 244 g/mol. The van der Waals surface area contributed by atoms with Crippen molar-refractivity contribution in [3.63, 3.8) is 0 Å². The largest absolute Gasteiger partial charge is 0.318 e. The minimum atomic E-state index is 0.399. The van der Waals surface area contributed by atoms with Gasteiger partial charge in [-0.25, -0.2) is 4.98 Å². The Labute approximate surface area is 106 Å². The van der Waals surface area contributed by atoms with E-state index >= 15 is 0 Å². The van der Waals surface area contributed by atoms with Crippen molar-refractivity contribution >= 4 is 11.8 Å². The van der Waals surface area contributed by atoms with E-state index in [1.165, 1.54) is 5.56 Å². The molecule has 3 heteroatoms. The SMILES string of the molecule is CNCC(Sc1ccccn1)c1ccccc1. The van der Waals surface area contributed by atoms with Crippen LogP contribution in [0.1, 0.15) is 10.8 Å². The van der Waals surface area contributed by atoms with E-state index in [-0.39, 0.29) is 0 Å². The summed E-state index contributed by atoms with van der Waals surface area (Å²) in [6.45, 7) is 0.936. The highest BCUT2D eigenvalue weighted by Crippen LogP contribution is 2.33. The number of nitrogens with zero attached hydrogens (tertiary/aromatic N) is 1. The minimum absolute atomic E-state index is 0.399. The Morgan fingerprint density at radius 2 is 1.88 bits per heavy atom. The molecule has 0 saturated heterocycles. The zero-order valence-electron chi connectivity index (χ0n) is 9.84. The summed E-state index contributed by atoms with van der Waals surface area (Å²) < 4.78 is 0. The van der Waals surface area contributed by atoms with Gasteiger partial charge in [-0.15, -0.1) is 0 Å². The van der Waals surface area contributed by atoms with Crippen LogP contribution in [0.15, 0.2) is 59.8 Å². The third kappa shape index (κ3) is 3.58. The maximum Gasteiger partial charge on any atom is 0.0966 e. The summed E-state index contributed by atoms with van der Waals surface area (Å²) in [4.78, 5) is 4.36. The standard InChI is InChI=1S/C14H16N2S/c1-15-11-13(12-7-3-2-4-8-12)17-14-9-5-6-10-16-14/h2-10,13,15H,11H2,1H3. The summed E-state index contributed by atoms with van der Waals surface area (Å²) in [5.41, 5.74) is 1.33. The number of likely N-dealkylation sites (N-methyl/N-ethyl adjacent to an activating group) is 1. The number of hydrogen-bond acceptors (Lipinski definition) is 3. The predicted molar refractivity (Wildman–Crippen MR) is 73.2 cm³/mol. The molecule has 1 aromatic carbocycles. The number of benzene rings is 1. The molecule has 1 atom stereocenters. The van der Waals surface area contributed by atoms with Gasteiger partial charge < -0.3 is 5.32 Å². The molecule has 0 aliphatic rings. The monoisotopic (exact) mass is 244 g/mol. The molecule has 0 fully saturated rings. The van der Waals surface area contributed by atoms with Crippen LogP contribution in [0, 0.1) is 0 Å². The van der Waals surface area contributed by atoms with Crippen LogP contribution in [0.5, 0.6) is 0 Å². The maximum atomic E-state index is 4.36. The van der Waals surface area contributed by atoms with Gasteiger partial charge in [-0.3, -0.25) is 0 Å². The first-order chi connectivity index (χ1) is 8.40. The van der Waals surface area contributed by atoms with Crippen LogP contribution in [-0.2, 0) is 0 Å². The third-order valence-corrected chi connectivity index (χ3v) is 3.67. The summed E-state index contributed by atoms with van der Waals surface area (Å²) >= 11 is 1.79. The van der Waals surface area contributed by atoms with Crippen LogP contribution in [0.3, 0.4) is 0 Å². The van der Waals surface area contributed by atoms with Crippen molar-refractivity contribution in [3.8, 4) is 0 Å². The topological polar surface area (TPSA) is 24.9 Å². The molecule has 17 heavy (non-hydrogen) atoms. The Morgan fingerprint density at radius 1 is 1.12 bits per heavy atom. The van der Waals surface area contributed by atoms with Crippen LogP contribution >= 0.6 is 11.8 Å². The molecular weight excluding hydrogens is 228 g/mol. The highest BCUT2D eigenvalue weighted by atomic mass is 32.2. The highest BCUT2D eigenvalue weighted by Gasteiger charge is 2.12. The van der Waals surface area contributed by atoms with Gasteiger partial charge in [0.2, 0.25) is 0 Å². The molecule has 88 valence electrons. The second-order valence-corrected chi connectivity index (χ2v) is 4.97. The zero-order valence-corrected chi connectivity index (χ0v) is 10.7. The van der Waals surface area contributed by atoms with E-state index < -0.39 is 0 Å². The van der Waals surface area contributed by atoms with Crippen molar-refractivity contribution in [2.75, 3.05) is 13.6 Å². The van der Waals surface area contributed by atoms with E-state index in [2.05, 4.69) is 40.6 Å². The van der Waals surface area contributed by atoms with Gasteiger partial charge in [-0.2, -0.15) is 0 Å². The second kappa shape index (κ2) is 6.42. The van der Waals surface area contributed by atoms with E-state index in [0.29, 0.717) is 5.25 Å². The van der Waals surface area contributed by atoms with E-state index in [0.717, 1.165) is 11.6 Å². The van der Waals surface area contributed by atoms with Gasteiger partial charge in [0.05, 0.1) is 5.03 Å². The summed E-state index contributed by atoms with van der Waals surface area (Å²) in [5.74, 6) is 0. The molecule has 2 aromatic rings. The molecule has 0 amide bonds. The third-order valence-electron chi connectivity index (χ3n) is 2.46. The molecular formula is C14H16N2S. The van der Waals surface area contributed by atoms with Crippen molar-refractivity contribution in [1.29, 1.82) is 0 Å². The van der Waals surface area contributed by atoms with Gasteiger partial charge in [0, 0.05) is 18.0 Å². The lowest BCUT2D eigenvalue weighted by atomic mass is 10.1. The summed E-state index contributed by atoms with van der Waals surface area (Å²) in [7, 11) is 1.98. The Kier molecular flexibility index (Phi) is 4.59. The first-order valence-corrected chi connectivity index (χ1v) is 6.55. The van der Waals surface area contributed by atoms with Crippen LogP contribution < -0.4 is 5.32 Å². The zero-order chi connectivity index (χ0) is 11.9. The molecule has 1 unspecified atom stereocenters. The molecule has 2 rings (SSSR count). The van der Waals surface area contributed by atoms with E-state index in [9.17, 15) is 0 Å². The van der Waals surface area contributed by atoms with Crippen molar-refractivity contribution in [1.82, 2.24) is 10.3 Å². The normalized spacial score (nSPS) is 12.3. The van der Waals surface area contributed by atoms with Crippen LogP contribution in [0.25, 0.3) is 0 Å².